The van der Waals surface area contributed by atoms with E-state index in [0.29, 0.717) is 0 Å². The molecule has 0 saturated heterocycles. The SMILES string of the molecule is CCCCCCCCCCCCCCC[N+](C)(C)CC.CCCCCCCCCCCCCCC[N+](C)(C)CC.O=C([O-])[O-]. The second kappa shape index (κ2) is 36.7. The summed E-state index contributed by atoms with van der Waals surface area (Å²) in [5.74, 6) is 0. The Kier molecular flexibility index (Phi) is 39.7. The van der Waals surface area contributed by atoms with Crippen molar-refractivity contribution in [2.75, 3.05) is 54.4 Å². The molecule has 0 saturated carbocycles. The van der Waals surface area contributed by atoms with Crippen molar-refractivity contribution in [1.29, 1.82) is 0 Å². The molecule has 0 aromatic carbocycles. The topological polar surface area (TPSA) is 63.2 Å². The molecule has 0 N–H and O–H groups in total. The van der Waals surface area contributed by atoms with Crippen LogP contribution in [-0.2, 0) is 0 Å². The van der Waals surface area contributed by atoms with Gasteiger partial charge >= 0.3 is 0 Å². The number of quaternary nitrogens is 2. The normalized spacial score (nSPS) is 11.5. The van der Waals surface area contributed by atoms with Crippen molar-refractivity contribution in [3.63, 3.8) is 0 Å². The number of carbonyl (C=O) groups is 1. The first kappa shape index (κ1) is 47.6. The number of rotatable bonds is 30. The number of hydrogen-bond donors (Lipinski definition) is 0. The quantitative estimate of drug-likeness (QED) is 0.0587. The van der Waals surface area contributed by atoms with Gasteiger partial charge in [0.15, 0.2) is 0 Å². The van der Waals surface area contributed by atoms with Crippen LogP contribution in [0.1, 0.15) is 195 Å². The van der Waals surface area contributed by atoms with Crippen LogP contribution in [0.25, 0.3) is 0 Å². The van der Waals surface area contributed by atoms with E-state index < -0.39 is 6.16 Å². The number of nitrogens with zero attached hydrogens (tertiary/aromatic N) is 2. The van der Waals surface area contributed by atoms with Gasteiger partial charge in [0.1, 0.15) is 0 Å². The number of hydrogen-bond acceptors (Lipinski definition) is 3. The van der Waals surface area contributed by atoms with Crippen molar-refractivity contribution in [1.82, 2.24) is 0 Å². The molecular weight excluding hydrogens is 544 g/mol. The van der Waals surface area contributed by atoms with Gasteiger partial charge in [0.2, 0.25) is 0 Å². The van der Waals surface area contributed by atoms with Gasteiger partial charge in [0.25, 0.3) is 0 Å². The molecule has 0 amide bonds. The van der Waals surface area contributed by atoms with Crippen LogP contribution in [0.4, 0.5) is 4.79 Å². The summed E-state index contributed by atoms with van der Waals surface area (Å²) in [6, 6.07) is 0. The third-order valence-electron chi connectivity index (χ3n) is 9.45. The van der Waals surface area contributed by atoms with Crippen molar-refractivity contribution in [3.8, 4) is 0 Å². The van der Waals surface area contributed by atoms with Gasteiger partial charge in [-0.15, -0.1) is 0 Å². The van der Waals surface area contributed by atoms with E-state index in [9.17, 15) is 0 Å². The zero-order valence-electron chi connectivity index (χ0n) is 31.8. The molecule has 0 atom stereocenters. The Morgan fingerprint density at radius 1 is 0.364 bits per heavy atom. The number of carbonyl (C=O) groups excluding carboxylic acids is 1. The average molecular weight is 629 g/mol. The maximum absolute atomic E-state index is 8.33. The largest absolute Gasteiger partial charge is 0.652 e. The highest BCUT2D eigenvalue weighted by Gasteiger charge is 2.10. The third-order valence-corrected chi connectivity index (χ3v) is 9.45. The Morgan fingerprint density at radius 2 is 0.523 bits per heavy atom. The van der Waals surface area contributed by atoms with E-state index in [1.807, 2.05) is 0 Å². The zero-order valence-corrected chi connectivity index (χ0v) is 31.8. The van der Waals surface area contributed by atoms with Gasteiger partial charge in [-0.25, -0.2) is 0 Å². The summed E-state index contributed by atoms with van der Waals surface area (Å²) >= 11 is 0. The summed E-state index contributed by atoms with van der Waals surface area (Å²) in [6.45, 7) is 14.4. The van der Waals surface area contributed by atoms with Crippen molar-refractivity contribution in [3.05, 3.63) is 0 Å². The summed E-state index contributed by atoms with van der Waals surface area (Å²) < 4.78 is 2.38. The number of carboxylic acid groups (broad SMARTS) is 2. The van der Waals surface area contributed by atoms with Crippen LogP contribution in [0.3, 0.4) is 0 Å². The molecule has 0 unspecified atom stereocenters. The average Bonchev–Trinajstić information content (AvgIpc) is 2.98. The molecule has 0 aliphatic rings. The minimum absolute atomic E-state index is 1.19. The predicted molar refractivity (Wildman–Crippen MR) is 192 cm³/mol. The lowest BCUT2D eigenvalue weighted by atomic mass is 10.0. The van der Waals surface area contributed by atoms with Crippen LogP contribution < -0.4 is 10.2 Å². The Hall–Kier alpha value is -0.810. The molecule has 44 heavy (non-hydrogen) atoms. The summed E-state index contributed by atoms with van der Waals surface area (Å²) in [6.07, 6.45) is 35.5. The van der Waals surface area contributed by atoms with Gasteiger partial charge in [0, 0.05) is 0 Å². The molecule has 0 aromatic heterocycles. The molecule has 5 nitrogen and oxygen atoms in total. The van der Waals surface area contributed by atoms with Gasteiger partial charge in [-0.05, 0) is 45.7 Å². The minimum Gasteiger partial charge on any atom is -0.652 e. The van der Waals surface area contributed by atoms with Crippen molar-refractivity contribution < 1.29 is 24.0 Å². The predicted octanol–water partition coefficient (Wildman–Crippen LogP) is 9.90. The first-order valence-electron chi connectivity index (χ1n) is 19.5. The molecular formula is C39H84N2O3. The summed E-state index contributed by atoms with van der Waals surface area (Å²) in [5.41, 5.74) is 0. The van der Waals surface area contributed by atoms with Gasteiger partial charge < -0.3 is 24.0 Å². The molecule has 0 aromatic rings. The smallest absolute Gasteiger partial charge is 0.0782 e. The molecule has 0 rings (SSSR count). The van der Waals surface area contributed by atoms with E-state index in [1.54, 1.807) is 0 Å². The van der Waals surface area contributed by atoms with Crippen LogP contribution in [0.15, 0.2) is 0 Å². The molecule has 0 heterocycles. The van der Waals surface area contributed by atoms with E-state index in [4.69, 9.17) is 15.0 Å². The van der Waals surface area contributed by atoms with E-state index in [-0.39, 0.29) is 0 Å². The highest BCUT2D eigenvalue weighted by Crippen LogP contribution is 2.14. The summed E-state index contributed by atoms with van der Waals surface area (Å²) in [4.78, 5) is 8.33. The standard InChI is InChI=1S/2C19H42N.CH2O3/c2*1-5-7-8-9-10-11-12-13-14-15-16-17-18-19-20(3,4)6-2;2-1(3)4/h2*5-19H2,1-4H3;(H2,2,3,4)/q2*+1;/p-2. The van der Waals surface area contributed by atoms with Crippen molar-refractivity contribution in [2.24, 2.45) is 0 Å². The summed E-state index contributed by atoms with van der Waals surface area (Å²) in [7, 11) is 9.39. The first-order valence-corrected chi connectivity index (χ1v) is 19.5. The van der Waals surface area contributed by atoms with Crippen LogP contribution in [0.5, 0.6) is 0 Å². The number of unbranched alkanes of at least 4 members (excludes halogenated alkanes) is 24. The van der Waals surface area contributed by atoms with Gasteiger partial charge in [-0.1, -0.05) is 155 Å². The fourth-order valence-electron chi connectivity index (χ4n) is 5.43. The van der Waals surface area contributed by atoms with Gasteiger partial charge in [-0.2, -0.15) is 0 Å². The minimum atomic E-state index is -2.33. The Bertz CT molecular complexity index is 505. The van der Waals surface area contributed by atoms with Crippen LogP contribution in [0, 0.1) is 0 Å². The second-order valence-electron chi connectivity index (χ2n) is 14.7. The third kappa shape index (κ3) is 48.1. The highest BCUT2D eigenvalue weighted by atomic mass is 16.6. The Labute approximate surface area is 278 Å². The monoisotopic (exact) mass is 629 g/mol. The molecule has 268 valence electrons. The van der Waals surface area contributed by atoms with Crippen molar-refractivity contribution >= 4 is 6.16 Å². The molecule has 0 radical (unpaired) electrons. The lowest BCUT2D eigenvalue weighted by molar-refractivity contribution is -0.888. The molecule has 0 bridgehead atoms. The zero-order chi connectivity index (χ0) is 33.8. The maximum atomic E-state index is 8.33. The van der Waals surface area contributed by atoms with E-state index in [1.165, 1.54) is 202 Å². The van der Waals surface area contributed by atoms with E-state index in [2.05, 4.69) is 55.9 Å². The lowest BCUT2D eigenvalue weighted by Gasteiger charge is -2.28. The van der Waals surface area contributed by atoms with Gasteiger partial charge in [0.05, 0.1) is 54.4 Å². The first-order chi connectivity index (χ1) is 21.0. The molecule has 0 aliphatic carbocycles. The fourth-order valence-corrected chi connectivity index (χ4v) is 5.43. The maximum Gasteiger partial charge on any atom is 0.0782 e. The second-order valence-corrected chi connectivity index (χ2v) is 14.7. The van der Waals surface area contributed by atoms with Crippen molar-refractivity contribution in [2.45, 2.75) is 195 Å². The van der Waals surface area contributed by atoms with E-state index >= 15 is 0 Å². The molecule has 0 spiro atoms. The van der Waals surface area contributed by atoms with Crippen LogP contribution >= 0.6 is 0 Å². The molecule has 0 fully saturated rings. The van der Waals surface area contributed by atoms with Gasteiger partial charge in [-0.3, -0.25) is 0 Å². The molecule has 5 heteroatoms. The fraction of sp³-hybridized carbons (Fsp3) is 0.974. The highest BCUT2D eigenvalue weighted by molar-refractivity contribution is 5.47. The molecule has 0 aliphatic heterocycles. The van der Waals surface area contributed by atoms with Crippen LogP contribution in [0.2, 0.25) is 0 Å². The van der Waals surface area contributed by atoms with E-state index in [0.717, 1.165) is 0 Å². The van der Waals surface area contributed by atoms with Crippen LogP contribution in [-0.4, -0.2) is 69.5 Å². The Balaban J connectivity index is -0.000000680. The lowest BCUT2D eigenvalue weighted by Crippen LogP contribution is -2.39. The summed E-state index contributed by atoms with van der Waals surface area (Å²) in [5, 5.41) is 16.7. The Morgan fingerprint density at radius 3 is 0.682 bits per heavy atom.